The van der Waals surface area contributed by atoms with E-state index in [2.05, 4.69) is 38.7 Å². The van der Waals surface area contributed by atoms with Crippen LogP contribution in [0.3, 0.4) is 0 Å². The molecule has 24 heavy (non-hydrogen) atoms. The normalized spacial score (nSPS) is 11.4. The second-order valence-corrected chi connectivity index (χ2v) is 6.03. The van der Waals surface area contributed by atoms with E-state index in [0.29, 0.717) is 11.5 Å². The van der Waals surface area contributed by atoms with E-state index < -0.39 is 0 Å². The van der Waals surface area contributed by atoms with Crippen LogP contribution in [0.25, 0.3) is 16.6 Å². The fourth-order valence-electron chi connectivity index (χ4n) is 2.11. The van der Waals surface area contributed by atoms with Crippen molar-refractivity contribution in [3.63, 3.8) is 0 Å². The number of aryl methyl sites for hydroxylation is 1. The van der Waals surface area contributed by atoms with Crippen LogP contribution in [-0.4, -0.2) is 49.1 Å². The van der Waals surface area contributed by atoms with E-state index in [1.807, 2.05) is 38.2 Å². The molecule has 0 radical (unpaired) electrons. The van der Waals surface area contributed by atoms with Crippen LogP contribution in [0.2, 0.25) is 0 Å². The second-order valence-electron chi connectivity index (χ2n) is 6.03. The van der Waals surface area contributed by atoms with Crippen molar-refractivity contribution in [3.05, 3.63) is 65.0 Å². The molecule has 0 amide bonds. The number of benzene rings is 1. The summed E-state index contributed by atoms with van der Waals surface area (Å²) in [6, 6.07) is 7.89. The zero-order valence-electron chi connectivity index (χ0n) is 14.7. The van der Waals surface area contributed by atoms with Crippen LogP contribution in [0.1, 0.15) is 17.0 Å². The van der Waals surface area contributed by atoms with Crippen molar-refractivity contribution in [2.24, 2.45) is 0 Å². The third-order valence-electron chi connectivity index (χ3n) is 3.72. The molecule has 5 nitrogen and oxygen atoms in total. The van der Waals surface area contributed by atoms with E-state index in [9.17, 15) is 0 Å². The Morgan fingerprint density at radius 3 is 2.25 bits per heavy atom. The number of aromatic nitrogens is 2. The number of nitrogens with zero attached hydrogens (tertiary/aromatic N) is 5. The molecular weight excluding hydrogens is 298 g/mol. The minimum Gasteiger partial charge on any atom is -0.371 e. The van der Waals surface area contributed by atoms with Crippen LogP contribution in [0, 0.1) is 13.5 Å². The number of likely N-dealkylation sites (N-methyl/N-ethyl adjacent to an activating group) is 2. The van der Waals surface area contributed by atoms with Gasteiger partial charge in [0, 0.05) is 20.1 Å². The van der Waals surface area contributed by atoms with Gasteiger partial charge in [-0.05, 0) is 32.7 Å². The van der Waals surface area contributed by atoms with Crippen LogP contribution in [0.5, 0.6) is 0 Å². The van der Waals surface area contributed by atoms with Crippen molar-refractivity contribution in [2.45, 2.75) is 6.92 Å². The first-order valence-corrected chi connectivity index (χ1v) is 7.83. The highest BCUT2D eigenvalue weighted by atomic mass is 15.2. The molecular formula is C19H23N5. The van der Waals surface area contributed by atoms with Crippen molar-refractivity contribution in [3.8, 4) is 0 Å². The molecule has 0 saturated heterocycles. The van der Waals surface area contributed by atoms with Gasteiger partial charge in [-0.25, -0.2) is 14.8 Å². The highest BCUT2D eigenvalue weighted by Crippen LogP contribution is 2.19. The Morgan fingerprint density at radius 2 is 1.71 bits per heavy atom. The predicted octanol–water partition coefficient (Wildman–Crippen LogP) is 3.20. The Labute approximate surface area is 144 Å². The molecule has 1 aromatic carbocycles. The van der Waals surface area contributed by atoms with Gasteiger partial charge in [-0.1, -0.05) is 29.8 Å². The van der Waals surface area contributed by atoms with Crippen LogP contribution in [0.15, 0.2) is 36.7 Å². The lowest BCUT2D eigenvalue weighted by molar-refractivity contribution is 0.416. The van der Waals surface area contributed by atoms with E-state index in [-0.39, 0.29) is 0 Å². The first-order chi connectivity index (χ1) is 11.5. The third-order valence-corrected chi connectivity index (χ3v) is 3.72. The molecule has 0 aliphatic rings. The molecule has 5 heteroatoms. The third kappa shape index (κ3) is 4.90. The molecule has 124 valence electrons. The van der Waals surface area contributed by atoms with Gasteiger partial charge in [0.05, 0.1) is 24.7 Å². The molecule has 0 N–H and O–H groups in total. The predicted molar refractivity (Wildman–Crippen MR) is 99.5 cm³/mol. The lowest BCUT2D eigenvalue weighted by atomic mass is 10.1. The van der Waals surface area contributed by atoms with Crippen molar-refractivity contribution >= 4 is 17.5 Å². The monoisotopic (exact) mass is 321 g/mol. The minimum atomic E-state index is 0.545. The van der Waals surface area contributed by atoms with Crippen LogP contribution in [0.4, 0.5) is 5.69 Å². The second kappa shape index (κ2) is 8.23. The van der Waals surface area contributed by atoms with Crippen LogP contribution >= 0.6 is 0 Å². The van der Waals surface area contributed by atoms with Gasteiger partial charge >= 0.3 is 0 Å². The zero-order chi connectivity index (χ0) is 17.5. The number of hydrogen-bond donors (Lipinski definition) is 0. The Morgan fingerprint density at radius 1 is 1.08 bits per heavy atom. The van der Waals surface area contributed by atoms with Gasteiger partial charge < -0.3 is 9.80 Å². The smallest absolute Gasteiger partial charge is 0.198 e. The number of rotatable bonds is 6. The number of hydrogen-bond acceptors (Lipinski definition) is 4. The van der Waals surface area contributed by atoms with Gasteiger partial charge in [0.2, 0.25) is 0 Å². The molecule has 0 saturated carbocycles. The molecule has 2 rings (SSSR count). The standard InChI is InChI=1S/C19H23N5/c1-15-6-8-16(9-7-15)18(20-2)12-19-21-13-17(14-22-19)24(5)11-10-23(3)4/h6-9,12-14H,10-11H2,1,3-5H3/b18-12-. The topological polar surface area (TPSA) is 36.6 Å². The van der Waals surface area contributed by atoms with Crippen LogP contribution < -0.4 is 4.90 Å². The minimum absolute atomic E-state index is 0.545. The molecule has 0 unspecified atom stereocenters. The molecule has 2 aromatic rings. The Kier molecular flexibility index (Phi) is 6.05. The summed E-state index contributed by atoms with van der Waals surface area (Å²) in [4.78, 5) is 16.6. The maximum atomic E-state index is 7.39. The summed E-state index contributed by atoms with van der Waals surface area (Å²) in [6.45, 7) is 11.3. The van der Waals surface area contributed by atoms with E-state index in [4.69, 9.17) is 6.57 Å². The largest absolute Gasteiger partial charge is 0.371 e. The van der Waals surface area contributed by atoms with E-state index in [1.165, 1.54) is 5.56 Å². The van der Waals surface area contributed by atoms with Crippen molar-refractivity contribution in [2.75, 3.05) is 39.1 Å². The Balaban J connectivity index is 2.14. The molecule has 1 heterocycles. The summed E-state index contributed by atoms with van der Waals surface area (Å²) in [5.41, 5.74) is 3.56. The molecule has 0 aliphatic heterocycles. The highest BCUT2D eigenvalue weighted by molar-refractivity contribution is 5.83. The first-order valence-electron chi connectivity index (χ1n) is 7.83. The number of anilines is 1. The Bertz CT molecular complexity index is 724. The van der Waals surface area contributed by atoms with Crippen molar-refractivity contribution in [1.82, 2.24) is 14.9 Å². The van der Waals surface area contributed by atoms with E-state index in [1.54, 1.807) is 18.5 Å². The van der Waals surface area contributed by atoms with Gasteiger partial charge in [0.25, 0.3) is 0 Å². The van der Waals surface area contributed by atoms with Crippen molar-refractivity contribution < 1.29 is 0 Å². The first kappa shape index (κ1) is 17.6. The van der Waals surface area contributed by atoms with Gasteiger partial charge in [-0.15, -0.1) is 0 Å². The summed E-state index contributed by atoms with van der Waals surface area (Å²) in [5.74, 6) is 0.548. The average Bonchev–Trinajstić information content (AvgIpc) is 2.59. The van der Waals surface area contributed by atoms with Gasteiger partial charge in [-0.3, -0.25) is 0 Å². The molecule has 1 aromatic heterocycles. The Hall–Kier alpha value is -2.71. The van der Waals surface area contributed by atoms with E-state index >= 15 is 0 Å². The summed E-state index contributed by atoms with van der Waals surface area (Å²) < 4.78 is 0. The average molecular weight is 321 g/mol. The van der Waals surface area contributed by atoms with Gasteiger partial charge in [0.15, 0.2) is 5.70 Å². The molecule has 0 atom stereocenters. The maximum absolute atomic E-state index is 7.39. The quantitative estimate of drug-likeness (QED) is 0.766. The maximum Gasteiger partial charge on any atom is 0.198 e. The summed E-state index contributed by atoms with van der Waals surface area (Å²) in [6.07, 6.45) is 5.32. The summed E-state index contributed by atoms with van der Waals surface area (Å²) in [7, 11) is 6.12. The van der Waals surface area contributed by atoms with Crippen molar-refractivity contribution in [1.29, 1.82) is 0 Å². The molecule has 0 aliphatic carbocycles. The lowest BCUT2D eigenvalue weighted by Gasteiger charge is -2.20. The van der Waals surface area contributed by atoms with Gasteiger partial charge in [0.1, 0.15) is 5.82 Å². The summed E-state index contributed by atoms with van der Waals surface area (Å²) >= 11 is 0. The van der Waals surface area contributed by atoms with E-state index in [0.717, 1.165) is 24.3 Å². The van der Waals surface area contributed by atoms with Gasteiger partial charge in [-0.2, -0.15) is 0 Å². The fraction of sp³-hybridized carbons (Fsp3) is 0.316. The molecule has 0 bridgehead atoms. The SMILES string of the molecule is [C-]#[N+]/C(=C\c1ncc(N(C)CCN(C)C)cn1)c1ccc(C)cc1. The molecule has 0 spiro atoms. The van der Waals surface area contributed by atoms with Crippen LogP contribution in [-0.2, 0) is 0 Å². The summed E-state index contributed by atoms with van der Waals surface area (Å²) in [5, 5.41) is 0. The highest BCUT2D eigenvalue weighted by Gasteiger charge is 2.05. The zero-order valence-corrected chi connectivity index (χ0v) is 14.7. The fourth-order valence-corrected chi connectivity index (χ4v) is 2.11. The molecule has 0 fully saturated rings. The lowest BCUT2D eigenvalue weighted by Crippen LogP contribution is -2.28.